The summed E-state index contributed by atoms with van der Waals surface area (Å²) >= 11 is 0. The highest BCUT2D eigenvalue weighted by molar-refractivity contribution is 5.03. The van der Waals surface area contributed by atoms with Crippen molar-refractivity contribution in [3.8, 4) is 0 Å². The fourth-order valence-corrected chi connectivity index (χ4v) is 2.63. The third-order valence-electron chi connectivity index (χ3n) is 4.15. The quantitative estimate of drug-likeness (QED) is 0.796. The van der Waals surface area contributed by atoms with E-state index in [1.807, 2.05) is 6.20 Å². The van der Waals surface area contributed by atoms with Gasteiger partial charge >= 0.3 is 0 Å². The summed E-state index contributed by atoms with van der Waals surface area (Å²) in [6.45, 7) is 10.9. The number of imidazole rings is 1. The minimum absolute atomic E-state index is 0.239. The van der Waals surface area contributed by atoms with Crippen LogP contribution in [-0.4, -0.2) is 35.3 Å². The lowest BCUT2D eigenvalue weighted by Gasteiger charge is -2.52. The van der Waals surface area contributed by atoms with E-state index in [4.69, 9.17) is 4.74 Å². The molecule has 0 spiro atoms. The minimum atomic E-state index is 0.239. The maximum absolute atomic E-state index is 5.98. The summed E-state index contributed by atoms with van der Waals surface area (Å²) in [4.78, 5) is 7.17. The summed E-state index contributed by atoms with van der Waals surface area (Å²) < 4.78 is 5.98. The third-order valence-corrected chi connectivity index (χ3v) is 4.15. The average Bonchev–Trinajstić information content (AvgIpc) is 2.84. The number of nitrogens with one attached hydrogen (secondary N) is 2. The topological polar surface area (TPSA) is 49.9 Å². The fourth-order valence-electron chi connectivity index (χ4n) is 2.63. The van der Waals surface area contributed by atoms with Crippen LogP contribution in [0, 0.1) is 11.3 Å². The monoisotopic (exact) mass is 265 g/mol. The summed E-state index contributed by atoms with van der Waals surface area (Å²) in [6, 6.07) is 0.563. The summed E-state index contributed by atoms with van der Waals surface area (Å²) in [6.07, 6.45) is 6.16. The van der Waals surface area contributed by atoms with E-state index in [-0.39, 0.29) is 5.41 Å². The van der Waals surface area contributed by atoms with Crippen molar-refractivity contribution in [1.29, 1.82) is 0 Å². The maximum atomic E-state index is 5.98. The van der Waals surface area contributed by atoms with Gasteiger partial charge in [-0.2, -0.15) is 0 Å². The van der Waals surface area contributed by atoms with Crippen LogP contribution in [0.15, 0.2) is 12.5 Å². The number of aromatic nitrogens is 2. The van der Waals surface area contributed by atoms with Gasteiger partial charge in [-0.25, -0.2) is 4.98 Å². The van der Waals surface area contributed by atoms with Crippen molar-refractivity contribution in [2.75, 3.05) is 13.2 Å². The molecule has 0 radical (unpaired) electrons. The number of hydrogen-bond donors (Lipinski definition) is 2. The van der Waals surface area contributed by atoms with Gasteiger partial charge in [0.15, 0.2) is 0 Å². The molecule has 0 aliphatic heterocycles. The molecule has 4 nitrogen and oxygen atoms in total. The second-order valence-corrected chi connectivity index (χ2v) is 6.61. The Morgan fingerprint density at radius 1 is 1.53 bits per heavy atom. The summed E-state index contributed by atoms with van der Waals surface area (Å²) in [5.74, 6) is 0.614. The zero-order valence-electron chi connectivity index (χ0n) is 12.6. The Balaban J connectivity index is 1.69. The Labute approximate surface area is 116 Å². The predicted octanol–water partition coefficient (Wildman–Crippen LogP) is 2.38. The Kier molecular flexibility index (Phi) is 4.63. The highest BCUT2D eigenvalue weighted by Gasteiger charge is 2.48. The van der Waals surface area contributed by atoms with E-state index < -0.39 is 0 Å². The van der Waals surface area contributed by atoms with Gasteiger partial charge in [0.25, 0.3) is 0 Å². The fraction of sp³-hybridized carbons (Fsp3) is 0.800. The largest absolute Gasteiger partial charge is 0.377 e. The molecule has 1 aliphatic carbocycles. The Morgan fingerprint density at radius 3 is 2.89 bits per heavy atom. The van der Waals surface area contributed by atoms with Crippen LogP contribution in [0.4, 0.5) is 0 Å². The molecule has 19 heavy (non-hydrogen) atoms. The molecule has 1 heterocycles. The normalized spacial score (nSPS) is 25.5. The lowest BCUT2D eigenvalue weighted by molar-refractivity contribution is -0.123. The van der Waals surface area contributed by atoms with Crippen LogP contribution in [0.25, 0.3) is 0 Å². The van der Waals surface area contributed by atoms with Gasteiger partial charge in [-0.1, -0.05) is 27.7 Å². The highest BCUT2D eigenvalue weighted by Crippen LogP contribution is 2.42. The van der Waals surface area contributed by atoms with Gasteiger partial charge in [-0.15, -0.1) is 0 Å². The molecule has 0 saturated heterocycles. The SMILES string of the molecule is CC(C)COC1CC(NCCc2cnc[nH]2)C1(C)C. The molecule has 0 bridgehead atoms. The Hall–Kier alpha value is -0.870. The second-order valence-electron chi connectivity index (χ2n) is 6.61. The van der Waals surface area contributed by atoms with Crippen LogP contribution in [-0.2, 0) is 11.2 Å². The zero-order chi connectivity index (χ0) is 13.9. The zero-order valence-corrected chi connectivity index (χ0v) is 12.6. The first-order valence-corrected chi connectivity index (χ1v) is 7.32. The number of rotatable bonds is 7. The van der Waals surface area contributed by atoms with E-state index in [2.05, 4.69) is 43.0 Å². The molecular weight excluding hydrogens is 238 g/mol. The highest BCUT2D eigenvalue weighted by atomic mass is 16.5. The van der Waals surface area contributed by atoms with Gasteiger partial charge in [-0.05, 0) is 12.3 Å². The standard InChI is InChI=1S/C15H27N3O/c1-11(2)9-19-14-7-13(15(14,3)4)17-6-5-12-8-16-10-18-12/h8,10-11,13-14,17H,5-7,9H2,1-4H3,(H,16,18). The predicted molar refractivity (Wildman–Crippen MR) is 77.1 cm³/mol. The van der Waals surface area contributed by atoms with E-state index in [0.717, 1.165) is 26.0 Å². The van der Waals surface area contributed by atoms with Crippen molar-refractivity contribution in [2.45, 2.75) is 52.7 Å². The number of hydrogen-bond acceptors (Lipinski definition) is 3. The second kappa shape index (κ2) is 6.06. The molecular formula is C15H27N3O. The Morgan fingerprint density at radius 2 is 2.32 bits per heavy atom. The van der Waals surface area contributed by atoms with Gasteiger partial charge in [-0.3, -0.25) is 0 Å². The van der Waals surface area contributed by atoms with Crippen LogP contribution in [0.3, 0.4) is 0 Å². The van der Waals surface area contributed by atoms with E-state index in [1.54, 1.807) is 6.33 Å². The molecule has 0 amide bonds. The van der Waals surface area contributed by atoms with Crippen molar-refractivity contribution >= 4 is 0 Å². The first-order chi connectivity index (χ1) is 9.00. The molecule has 1 fully saturated rings. The van der Waals surface area contributed by atoms with Crippen LogP contribution in [0.2, 0.25) is 0 Å². The van der Waals surface area contributed by atoms with Crippen molar-refractivity contribution in [3.63, 3.8) is 0 Å². The lowest BCUT2D eigenvalue weighted by atomic mass is 9.64. The van der Waals surface area contributed by atoms with E-state index in [0.29, 0.717) is 18.1 Å². The van der Waals surface area contributed by atoms with Gasteiger partial charge in [0, 0.05) is 42.9 Å². The van der Waals surface area contributed by atoms with Gasteiger partial charge in [0.1, 0.15) is 0 Å². The molecule has 1 aromatic rings. The molecule has 1 saturated carbocycles. The number of H-pyrrole nitrogens is 1. The Bertz CT molecular complexity index is 373. The van der Waals surface area contributed by atoms with E-state index in [9.17, 15) is 0 Å². The van der Waals surface area contributed by atoms with E-state index in [1.165, 1.54) is 5.69 Å². The van der Waals surface area contributed by atoms with Crippen molar-refractivity contribution in [1.82, 2.24) is 15.3 Å². The molecule has 4 heteroatoms. The summed E-state index contributed by atoms with van der Waals surface area (Å²) in [5.41, 5.74) is 1.43. The average molecular weight is 265 g/mol. The summed E-state index contributed by atoms with van der Waals surface area (Å²) in [5, 5.41) is 3.64. The van der Waals surface area contributed by atoms with Gasteiger partial charge in [0.2, 0.25) is 0 Å². The van der Waals surface area contributed by atoms with Crippen molar-refractivity contribution in [3.05, 3.63) is 18.2 Å². The van der Waals surface area contributed by atoms with Gasteiger partial charge < -0.3 is 15.0 Å². The number of nitrogens with zero attached hydrogens (tertiary/aromatic N) is 1. The molecule has 2 rings (SSSR count). The molecule has 2 atom stereocenters. The van der Waals surface area contributed by atoms with Crippen molar-refractivity contribution < 1.29 is 4.74 Å². The van der Waals surface area contributed by atoms with Crippen LogP contribution in [0.1, 0.15) is 39.8 Å². The van der Waals surface area contributed by atoms with Crippen LogP contribution >= 0.6 is 0 Å². The number of aromatic amines is 1. The van der Waals surface area contributed by atoms with Crippen LogP contribution in [0.5, 0.6) is 0 Å². The molecule has 2 N–H and O–H groups in total. The molecule has 108 valence electrons. The molecule has 2 unspecified atom stereocenters. The van der Waals surface area contributed by atoms with Crippen molar-refractivity contribution in [2.24, 2.45) is 11.3 Å². The number of ether oxygens (including phenoxy) is 1. The maximum Gasteiger partial charge on any atom is 0.0921 e. The summed E-state index contributed by atoms with van der Waals surface area (Å²) in [7, 11) is 0. The minimum Gasteiger partial charge on any atom is -0.377 e. The molecule has 1 aromatic heterocycles. The first-order valence-electron chi connectivity index (χ1n) is 7.32. The van der Waals surface area contributed by atoms with Gasteiger partial charge in [0.05, 0.1) is 12.4 Å². The first kappa shape index (κ1) is 14.5. The molecule has 0 aromatic carbocycles. The third kappa shape index (κ3) is 3.57. The lowest BCUT2D eigenvalue weighted by Crippen LogP contribution is -2.61. The smallest absolute Gasteiger partial charge is 0.0921 e. The van der Waals surface area contributed by atoms with E-state index >= 15 is 0 Å². The van der Waals surface area contributed by atoms with Crippen LogP contribution < -0.4 is 5.32 Å². The molecule has 1 aliphatic rings.